The zero-order chi connectivity index (χ0) is 7.61. The third-order valence-corrected chi connectivity index (χ3v) is 2.49. The van der Waals surface area contributed by atoms with Crippen molar-refractivity contribution in [3.63, 3.8) is 0 Å². The van der Waals surface area contributed by atoms with Crippen molar-refractivity contribution < 1.29 is 0 Å². The molecule has 10 heavy (non-hydrogen) atoms. The highest BCUT2D eigenvalue weighted by atomic mass is 14.7. The van der Waals surface area contributed by atoms with Crippen molar-refractivity contribution in [3.05, 3.63) is 11.4 Å². The Bertz CT molecular complexity index is 143. The summed E-state index contributed by atoms with van der Waals surface area (Å²) in [6.07, 6.45) is 4.72. The summed E-state index contributed by atoms with van der Waals surface area (Å²) in [6.45, 7) is 11.4. The third kappa shape index (κ3) is 1.73. The molecule has 1 rings (SSSR count). The fourth-order valence-electron chi connectivity index (χ4n) is 1.51. The van der Waals surface area contributed by atoms with E-state index >= 15 is 0 Å². The van der Waals surface area contributed by atoms with E-state index in [2.05, 4.69) is 18.7 Å². The van der Waals surface area contributed by atoms with Crippen LogP contribution in [0.4, 0.5) is 0 Å². The predicted octanol–water partition coefficient (Wildman–Crippen LogP) is 2.87. The van der Waals surface area contributed by atoms with Crippen LogP contribution in [0, 0.1) is 12.0 Å². The molecular weight excluding hydrogens is 122 g/mol. The second kappa shape index (κ2) is 2.62. The smallest absolute Gasteiger partial charge is 0.223 e. The summed E-state index contributed by atoms with van der Waals surface area (Å²) < 4.78 is 0. The molecule has 0 radical (unpaired) electrons. The SMILES string of the molecule is [C-]#[N+]C1CCC(C)(C)CC1. The van der Waals surface area contributed by atoms with Gasteiger partial charge in [0.25, 0.3) is 0 Å². The molecule has 1 heteroatoms. The first-order valence-corrected chi connectivity index (χ1v) is 4.01. The summed E-state index contributed by atoms with van der Waals surface area (Å²) in [6, 6.07) is 0.341. The van der Waals surface area contributed by atoms with Gasteiger partial charge in [0.1, 0.15) is 0 Å². The highest BCUT2D eigenvalue weighted by Crippen LogP contribution is 2.35. The molecule has 1 fully saturated rings. The standard InChI is InChI=1S/C9H15N/c1-9(2)6-4-8(10-3)5-7-9/h8H,4-7H2,1-2H3. The lowest BCUT2D eigenvalue weighted by Gasteiger charge is -2.29. The fourth-order valence-corrected chi connectivity index (χ4v) is 1.51. The van der Waals surface area contributed by atoms with E-state index in [9.17, 15) is 0 Å². The maximum absolute atomic E-state index is 6.85. The highest BCUT2D eigenvalue weighted by Gasteiger charge is 2.29. The van der Waals surface area contributed by atoms with Gasteiger partial charge in [0.2, 0.25) is 6.04 Å². The Labute approximate surface area is 63.3 Å². The molecule has 1 aliphatic carbocycles. The number of nitrogens with zero attached hydrogens (tertiary/aromatic N) is 1. The molecule has 0 atom stereocenters. The minimum Gasteiger partial charge on any atom is -0.314 e. The lowest BCUT2D eigenvalue weighted by molar-refractivity contribution is 0.238. The summed E-state index contributed by atoms with van der Waals surface area (Å²) in [5.41, 5.74) is 0.515. The van der Waals surface area contributed by atoms with Gasteiger partial charge in [-0.3, -0.25) is 0 Å². The molecule has 1 aliphatic rings. The average molecular weight is 137 g/mol. The van der Waals surface area contributed by atoms with Crippen molar-refractivity contribution in [1.29, 1.82) is 0 Å². The lowest BCUT2D eigenvalue weighted by atomic mass is 9.76. The van der Waals surface area contributed by atoms with Crippen LogP contribution < -0.4 is 0 Å². The second-order valence-corrected chi connectivity index (χ2v) is 4.02. The molecule has 0 unspecified atom stereocenters. The van der Waals surface area contributed by atoms with E-state index < -0.39 is 0 Å². The maximum Gasteiger partial charge on any atom is 0.223 e. The normalized spacial score (nSPS) is 25.7. The van der Waals surface area contributed by atoms with Gasteiger partial charge in [0, 0.05) is 12.8 Å². The van der Waals surface area contributed by atoms with E-state index in [1.807, 2.05) is 0 Å². The second-order valence-electron chi connectivity index (χ2n) is 4.02. The van der Waals surface area contributed by atoms with Gasteiger partial charge in [0.05, 0.1) is 0 Å². The molecule has 0 N–H and O–H groups in total. The van der Waals surface area contributed by atoms with Gasteiger partial charge in [-0.2, -0.15) is 0 Å². The zero-order valence-electron chi connectivity index (χ0n) is 6.85. The molecule has 0 bridgehead atoms. The number of hydrogen-bond donors (Lipinski definition) is 0. The summed E-state index contributed by atoms with van der Waals surface area (Å²) in [5.74, 6) is 0. The van der Waals surface area contributed by atoms with Gasteiger partial charge < -0.3 is 4.85 Å². The summed E-state index contributed by atoms with van der Waals surface area (Å²) in [5, 5.41) is 0. The Balaban J connectivity index is 2.40. The molecule has 1 saturated carbocycles. The van der Waals surface area contributed by atoms with Crippen LogP contribution in [0.15, 0.2) is 0 Å². The topological polar surface area (TPSA) is 4.36 Å². The highest BCUT2D eigenvalue weighted by molar-refractivity contribution is 4.87. The van der Waals surface area contributed by atoms with Crippen molar-refractivity contribution in [2.45, 2.75) is 45.6 Å². The lowest BCUT2D eigenvalue weighted by Crippen LogP contribution is -2.22. The van der Waals surface area contributed by atoms with E-state index in [1.54, 1.807) is 0 Å². The molecule has 0 aliphatic heterocycles. The van der Waals surface area contributed by atoms with Crippen molar-refractivity contribution >= 4 is 0 Å². The van der Waals surface area contributed by atoms with Crippen molar-refractivity contribution in [3.8, 4) is 0 Å². The minimum atomic E-state index is 0.341. The van der Waals surface area contributed by atoms with Crippen LogP contribution in [0.25, 0.3) is 4.85 Å². The van der Waals surface area contributed by atoms with Gasteiger partial charge in [-0.15, -0.1) is 0 Å². The summed E-state index contributed by atoms with van der Waals surface area (Å²) in [4.78, 5) is 3.56. The van der Waals surface area contributed by atoms with Crippen LogP contribution >= 0.6 is 0 Å². The van der Waals surface area contributed by atoms with Crippen LogP contribution in [-0.4, -0.2) is 6.04 Å². The zero-order valence-corrected chi connectivity index (χ0v) is 6.85. The molecule has 1 nitrogen and oxygen atoms in total. The minimum absolute atomic E-state index is 0.341. The van der Waals surface area contributed by atoms with Gasteiger partial charge in [-0.1, -0.05) is 13.8 Å². The van der Waals surface area contributed by atoms with Crippen LogP contribution in [0.2, 0.25) is 0 Å². The molecule has 0 aromatic rings. The first-order valence-electron chi connectivity index (χ1n) is 4.01. The molecule has 0 spiro atoms. The molecule has 0 aromatic carbocycles. The van der Waals surface area contributed by atoms with E-state index in [4.69, 9.17) is 6.57 Å². The first-order chi connectivity index (χ1) is 4.64. The predicted molar refractivity (Wildman–Crippen MR) is 42.6 cm³/mol. The fraction of sp³-hybridized carbons (Fsp3) is 0.889. The Kier molecular flexibility index (Phi) is 1.99. The quantitative estimate of drug-likeness (QED) is 0.452. The number of rotatable bonds is 0. The van der Waals surface area contributed by atoms with Crippen molar-refractivity contribution in [2.24, 2.45) is 5.41 Å². The largest absolute Gasteiger partial charge is 0.314 e. The monoisotopic (exact) mass is 137 g/mol. The van der Waals surface area contributed by atoms with Gasteiger partial charge in [0.15, 0.2) is 0 Å². The Hall–Kier alpha value is -0.510. The van der Waals surface area contributed by atoms with E-state index in [-0.39, 0.29) is 0 Å². The van der Waals surface area contributed by atoms with Crippen LogP contribution in [0.3, 0.4) is 0 Å². The molecule has 0 heterocycles. The Morgan fingerprint density at radius 2 is 1.80 bits per heavy atom. The van der Waals surface area contributed by atoms with Crippen molar-refractivity contribution in [1.82, 2.24) is 0 Å². The first kappa shape index (κ1) is 7.60. The van der Waals surface area contributed by atoms with Crippen molar-refractivity contribution in [2.75, 3.05) is 0 Å². The molecular formula is C9H15N. The average Bonchev–Trinajstić information content (AvgIpc) is 1.88. The maximum atomic E-state index is 6.85. The Morgan fingerprint density at radius 1 is 1.30 bits per heavy atom. The molecule has 56 valence electrons. The molecule has 0 amide bonds. The molecule has 0 aromatic heterocycles. The van der Waals surface area contributed by atoms with E-state index in [0.29, 0.717) is 11.5 Å². The van der Waals surface area contributed by atoms with Crippen LogP contribution in [-0.2, 0) is 0 Å². The summed E-state index contributed by atoms with van der Waals surface area (Å²) >= 11 is 0. The van der Waals surface area contributed by atoms with Gasteiger partial charge in [-0.25, -0.2) is 6.57 Å². The van der Waals surface area contributed by atoms with E-state index in [0.717, 1.165) is 12.8 Å². The van der Waals surface area contributed by atoms with Gasteiger partial charge >= 0.3 is 0 Å². The summed E-state index contributed by atoms with van der Waals surface area (Å²) in [7, 11) is 0. The third-order valence-electron chi connectivity index (χ3n) is 2.49. The van der Waals surface area contributed by atoms with Crippen LogP contribution in [0.1, 0.15) is 39.5 Å². The number of hydrogen-bond acceptors (Lipinski definition) is 0. The van der Waals surface area contributed by atoms with Gasteiger partial charge in [-0.05, 0) is 18.3 Å². The Morgan fingerprint density at radius 3 is 2.20 bits per heavy atom. The van der Waals surface area contributed by atoms with Crippen LogP contribution in [0.5, 0.6) is 0 Å². The molecule has 0 saturated heterocycles. The van der Waals surface area contributed by atoms with E-state index in [1.165, 1.54) is 12.8 Å².